The lowest BCUT2D eigenvalue weighted by Crippen LogP contribution is -2.24. The normalized spacial score (nSPS) is 13.4. The van der Waals surface area contributed by atoms with Gasteiger partial charge in [-0.2, -0.15) is 0 Å². The maximum absolute atomic E-state index is 11.1. The summed E-state index contributed by atoms with van der Waals surface area (Å²) in [6.45, 7) is 12.1. The zero-order valence-corrected chi connectivity index (χ0v) is 10.2. The van der Waals surface area contributed by atoms with Crippen LogP contribution in [0, 0.1) is 5.41 Å². The Kier molecular flexibility index (Phi) is 5.58. The van der Waals surface area contributed by atoms with Gasteiger partial charge in [0.1, 0.15) is 0 Å². The van der Waals surface area contributed by atoms with Crippen LogP contribution >= 0.6 is 0 Å². The predicted molar refractivity (Wildman–Crippen MR) is 60.5 cm³/mol. The van der Waals surface area contributed by atoms with Gasteiger partial charge in [0, 0.05) is 6.42 Å². The minimum Gasteiger partial charge on any atom is -0.464 e. The van der Waals surface area contributed by atoms with E-state index in [-0.39, 0.29) is 11.8 Å². The van der Waals surface area contributed by atoms with Crippen molar-refractivity contribution < 1.29 is 14.6 Å². The van der Waals surface area contributed by atoms with Gasteiger partial charge in [-0.05, 0) is 18.8 Å². The van der Waals surface area contributed by atoms with E-state index in [1.165, 1.54) is 0 Å². The van der Waals surface area contributed by atoms with Gasteiger partial charge in [0.25, 0.3) is 0 Å². The third-order valence-electron chi connectivity index (χ3n) is 1.82. The minimum atomic E-state index is -1.07. The first-order chi connectivity index (χ1) is 6.76. The smallest absolute Gasteiger partial charge is 0.335 e. The van der Waals surface area contributed by atoms with Crippen molar-refractivity contribution in [2.24, 2.45) is 5.41 Å². The second kappa shape index (κ2) is 5.91. The molecule has 1 atom stereocenters. The average Bonchev–Trinajstić information content (AvgIpc) is 2.00. The Morgan fingerprint density at radius 2 is 2.00 bits per heavy atom. The van der Waals surface area contributed by atoms with Gasteiger partial charge in [-0.1, -0.05) is 32.9 Å². The van der Waals surface area contributed by atoms with Gasteiger partial charge in [0.15, 0.2) is 6.10 Å². The lowest BCUT2D eigenvalue weighted by Gasteiger charge is -2.20. The molecule has 3 heteroatoms. The van der Waals surface area contributed by atoms with Crippen molar-refractivity contribution in [1.29, 1.82) is 0 Å². The lowest BCUT2D eigenvalue weighted by atomic mass is 9.87. The van der Waals surface area contributed by atoms with Gasteiger partial charge >= 0.3 is 5.97 Å². The fourth-order valence-corrected chi connectivity index (χ4v) is 1.42. The molecule has 0 spiro atoms. The van der Waals surface area contributed by atoms with E-state index in [0.29, 0.717) is 6.61 Å². The van der Waals surface area contributed by atoms with Gasteiger partial charge in [-0.25, -0.2) is 4.79 Å². The van der Waals surface area contributed by atoms with E-state index in [4.69, 9.17) is 4.74 Å². The third kappa shape index (κ3) is 7.14. The fraction of sp³-hybridized carbons (Fsp3) is 0.750. The van der Waals surface area contributed by atoms with Gasteiger partial charge in [0.2, 0.25) is 0 Å². The highest BCUT2D eigenvalue weighted by Crippen LogP contribution is 2.25. The van der Waals surface area contributed by atoms with E-state index in [9.17, 15) is 9.90 Å². The summed E-state index contributed by atoms with van der Waals surface area (Å²) >= 11 is 0. The molecule has 0 unspecified atom stereocenters. The molecule has 0 aromatic rings. The van der Waals surface area contributed by atoms with Crippen molar-refractivity contribution >= 4 is 5.97 Å². The van der Waals surface area contributed by atoms with Crippen LogP contribution in [0.4, 0.5) is 0 Å². The fourth-order valence-electron chi connectivity index (χ4n) is 1.42. The minimum absolute atomic E-state index is 0.130. The summed E-state index contributed by atoms with van der Waals surface area (Å²) < 4.78 is 4.70. The first kappa shape index (κ1) is 14.2. The van der Waals surface area contributed by atoms with Crippen LogP contribution in [-0.2, 0) is 9.53 Å². The Morgan fingerprint density at radius 1 is 1.47 bits per heavy atom. The molecule has 88 valence electrons. The summed E-state index contributed by atoms with van der Waals surface area (Å²) in [5.74, 6) is -0.562. The molecule has 0 fully saturated rings. The van der Waals surface area contributed by atoms with Gasteiger partial charge in [-0.3, -0.25) is 0 Å². The van der Waals surface area contributed by atoms with Gasteiger partial charge in [0.05, 0.1) is 6.61 Å². The highest BCUT2D eigenvalue weighted by Gasteiger charge is 2.19. The van der Waals surface area contributed by atoms with Crippen LogP contribution in [-0.4, -0.2) is 23.8 Å². The van der Waals surface area contributed by atoms with E-state index >= 15 is 0 Å². The van der Waals surface area contributed by atoms with Crippen LogP contribution in [0.15, 0.2) is 12.2 Å². The molecule has 0 rings (SSSR count). The number of hydrogen-bond donors (Lipinski definition) is 1. The number of ether oxygens (including phenoxy) is 1. The molecular weight excluding hydrogens is 192 g/mol. The number of aliphatic hydroxyl groups is 1. The molecule has 0 aromatic heterocycles. The van der Waals surface area contributed by atoms with E-state index in [2.05, 4.69) is 27.4 Å². The summed E-state index contributed by atoms with van der Waals surface area (Å²) in [5.41, 5.74) is 1.01. The Morgan fingerprint density at radius 3 is 2.40 bits per heavy atom. The second-order valence-electron chi connectivity index (χ2n) is 4.96. The highest BCUT2D eigenvalue weighted by molar-refractivity contribution is 5.74. The molecule has 0 aliphatic heterocycles. The van der Waals surface area contributed by atoms with Crippen LogP contribution in [0.25, 0.3) is 0 Å². The highest BCUT2D eigenvalue weighted by atomic mass is 16.5. The van der Waals surface area contributed by atoms with Crippen LogP contribution in [0.1, 0.15) is 40.5 Å². The van der Waals surface area contributed by atoms with Gasteiger partial charge < -0.3 is 9.84 Å². The lowest BCUT2D eigenvalue weighted by molar-refractivity contribution is -0.152. The molecular formula is C12H22O3. The molecule has 0 aliphatic rings. The van der Waals surface area contributed by atoms with E-state index in [0.717, 1.165) is 12.0 Å². The third-order valence-corrected chi connectivity index (χ3v) is 1.82. The molecule has 0 amide bonds. The summed E-state index contributed by atoms with van der Waals surface area (Å²) in [4.78, 5) is 11.1. The number of carbonyl (C=O) groups excluding carboxylic acids is 1. The first-order valence-corrected chi connectivity index (χ1v) is 5.27. The average molecular weight is 214 g/mol. The van der Waals surface area contributed by atoms with Crippen molar-refractivity contribution in [3.05, 3.63) is 12.2 Å². The van der Waals surface area contributed by atoms with E-state index in [1.807, 2.05) is 0 Å². The van der Waals surface area contributed by atoms with Crippen molar-refractivity contribution in [2.75, 3.05) is 6.61 Å². The van der Waals surface area contributed by atoms with Gasteiger partial charge in [-0.15, -0.1) is 0 Å². The zero-order chi connectivity index (χ0) is 12.1. The molecule has 0 bridgehead atoms. The summed E-state index contributed by atoms with van der Waals surface area (Å²) in [5, 5.41) is 9.48. The Bertz CT molecular complexity index is 226. The van der Waals surface area contributed by atoms with Crippen LogP contribution in [0.3, 0.4) is 0 Å². The number of carbonyl (C=O) groups is 1. The van der Waals surface area contributed by atoms with E-state index in [1.54, 1.807) is 6.92 Å². The van der Waals surface area contributed by atoms with Crippen molar-refractivity contribution in [1.82, 2.24) is 0 Å². The van der Waals surface area contributed by atoms with E-state index < -0.39 is 12.1 Å². The SMILES string of the molecule is C=C(C[C@@H](O)C(=O)OCC)CC(C)(C)C. The number of aliphatic hydroxyl groups excluding tert-OH is 1. The summed E-state index contributed by atoms with van der Waals surface area (Å²) in [6, 6.07) is 0. The zero-order valence-electron chi connectivity index (χ0n) is 10.2. The Hall–Kier alpha value is -0.830. The molecule has 0 saturated carbocycles. The summed E-state index contributed by atoms with van der Waals surface area (Å²) in [6.07, 6.45) is 0.0133. The maximum atomic E-state index is 11.1. The van der Waals surface area contributed by atoms with Crippen molar-refractivity contribution in [3.8, 4) is 0 Å². The molecule has 15 heavy (non-hydrogen) atoms. The van der Waals surface area contributed by atoms with Crippen molar-refractivity contribution in [2.45, 2.75) is 46.6 Å². The Labute approximate surface area is 92.1 Å². The molecule has 0 aromatic carbocycles. The number of hydrogen-bond acceptors (Lipinski definition) is 3. The largest absolute Gasteiger partial charge is 0.464 e. The topological polar surface area (TPSA) is 46.5 Å². The van der Waals surface area contributed by atoms with Crippen LogP contribution in [0.2, 0.25) is 0 Å². The quantitative estimate of drug-likeness (QED) is 0.564. The Balaban J connectivity index is 4.02. The summed E-state index contributed by atoms with van der Waals surface area (Å²) in [7, 11) is 0. The first-order valence-electron chi connectivity index (χ1n) is 5.27. The number of rotatable bonds is 5. The van der Waals surface area contributed by atoms with Crippen LogP contribution in [0.5, 0.6) is 0 Å². The molecule has 0 aliphatic carbocycles. The molecule has 0 saturated heterocycles. The monoisotopic (exact) mass is 214 g/mol. The standard InChI is InChI=1S/C12H22O3/c1-6-15-11(14)10(13)7-9(2)8-12(3,4)5/h10,13H,2,6-8H2,1,3-5H3/t10-/m1/s1. The molecule has 0 radical (unpaired) electrons. The molecule has 3 nitrogen and oxygen atoms in total. The molecule has 0 heterocycles. The maximum Gasteiger partial charge on any atom is 0.335 e. The van der Waals surface area contributed by atoms with Crippen molar-refractivity contribution in [3.63, 3.8) is 0 Å². The van der Waals surface area contributed by atoms with Crippen LogP contribution < -0.4 is 0 Å². The molecule has 1 N–H and O–H groups in total. The number of esters is 1. The predicted octanol–water partition coefficient (Wildman–Crippen LogP) is 2.29. The second-order valence-corrected chi connectivity index (χ2v) is 4.96.